The molecular formula is C24H24N4. The third-order valence-electron chi connectivity index (χ3n) is 5.05. The van der Waals surface area contributed by atoms with Gasteiger partial charge in [0.1, 0.15) is 0 Å². The van der Waals surface area contributed by atoms with E-state index in [4.69, 9.17) is 4.99 Å². The quantitative estimate of drug-likeness (QED) is 0.448. The highest BCUT2D eigenvalue weighted by atomic mass is 15.1. The Morgan fingerprint density at radius 2 is 1.71 bits per heavy atom. The standard InChI is InChI=1S/C24H24N4/c1-17-15-20(16-26-23-9-5-7-19-8-6-14-25-24(19)23)18(2)28(17)22-12-10-21(11-13-22)27(3)4/h5-16H,1-4H3. The van der Waals surface area contributed by atoms with Crippen molar-refractivity contribution < 1.29 is 0 Å². The molecule has 0 atom stereocenters. The van der Waals surface area contributed by atoms with Crippen molar-refractivity contribution in [1.82, 2.24) is 9.55 Å². The van der Waals surface area contributed by atoms with Crippen molar-refractivity contribution in [3.05, 3.63) is 83.8 Å². The van der Waals surface area contributed by atoms with E-state index in [1.54, 1.807) is 0 Å². The maximum atomic E-state index is 4.74. The van der Waals surface area contributed by atoms with E-state index in [-0.39, 0.29) is 0 Å². The van der Waals surface area contributed by atoms with Crippen LogP contribution in [0.25, 0.3) is 16.6 Å². The average Bonchev–Trinajstić information content (AvgIpc) is 2.99. The van der Waals surface area contributed by atoms with Crippen LogP contribution in [0.2, 0.25) is 0 Å². The minimum Gasteiger partial charge on any atom is -0.378 e. The normalized spacial score (nSPS) is 11.4. The van der Waals surface area contributed by atoms with Crippen molar-refractivity contribution in [2.45, 2.75) is 13.8 Å². The monoisotopic (exact) mass is 368 g/mol. The lowest BCUT2D eigenvalue weighted by molar-refractivity contribution is 0.963. The SMILES string of the molecule is Cc1cc(C=Nc2cccc3cccnc23)c(C)n1-c1ccc(N(C)C)cc1. The van der Waals surface area contributed by atoms with Crippen LogP contribution >= 0.6 is 0 Å². The van der Waals surface area contributed by atoms with Crippen molar-refractivity contribution in [2.75, 3.05) is 19.0 Å². The summed E-state index contributed by atoms with van der Waals surface area (Å²) < 4.78 is 2.27. The molecule has 0 unspecified atom stereocenters. The number of rotatable bonds is 4. The van der Waals surface area contributed by atoms with E-state index in [9.17, 15) is 0 Å². The van der Waals surface area contributed by atoms with Gasteiger partial charge >= 0.3 is 0 Å². The van der Waals surface area contributed by atoms with Crippen LogP contribution in [0.4, 0.5) is 11.4 Å². The Kier molecular flexibility index (Phi) is 4.70. The van der Waals surface area contributed by atoms with Crippen LogP contribution in [0.15, 0.2) is 71.9 Å². The largest absolute Gasteiger partial charge is 0.378 e. The lowest BCUT2D eigenvalue weighted by atomic mass is 10.2. The van der Waals surface area contributed by atoms with Gasteiger partial charge in [-0.25, -0.2) is 0 Å². The molecule has 2 aromatic heterocycles. The summed E-state index contributed by atoms with van der Waals surface area (Å²) in [5.41, 5.74) is 7.64. The lowest BCUT2D eigenvalue weighted by Crippen LogP contribution is -2.08. The molecule has 0 spiro atoms. The molecule has 0 saturated heterocycles. The predicted molar refractivity (Wildman–Crippen MR) is 119 cm³/mol. The van der Waals surface area contributed by atoms with Gasteiger partial charge in [-0.1, -0.05) is 18.2 Å². The molecule has 4 heteroatoms. The van der Waals surface area contributed by atoms with E-state index >= 15 is 0 Å². The van der Waals surface area contributed by atoms with Crippen LogP contribution in [-0.4, -0.2) is 29.9 Å². The summed E-state index contributed by atoms with van der Waals surface area (Å²) in [5.74, 6) is 0. The second kappa shape index (κ2) is 7.31. The minimum absolute atomic E-state index is 0.887. The third kappa shape index (κ3) is 3.29. The van der Waals surface area contributed by atoms with Gasteiger partial charge in [0.25, 0.3) is 0 Å². The van der Waals surface area contributed by atoms with Gasteiger partial charge < -0.3 is 9.47 Å². The fraction of sp³-hybridized carbons (Fsp3) is 0.167. The fourth-order valence-electron chi connectivity index (χ4n) is 3.55. The van der Waals surface area contributed by atoms with Crippen LogP contribution in [0, 0.1) is 13.8 Å². The third-order valence-corrected chi connectivity index (χ3v) is 5.05. The van der Waals surface area contributed by atoms with Crippen LogP contribution < -0.4 is 4.90 Å². The molecule has 2 aromatic carbocycles. The van der Waals surface area contributed by atoms with Gasteiger partial charge in [0.15, 0.2) is 0 Å². The molecular weight excluding hydrogens is 344 g/mol. The predicted octanol–water partition coefficient (Wildman–Crippen LogP) is 5.46. The van der Waals surface area contributed by atoms with Gasteiger partial charge in [-0.15, -0.1) is 0 Å². The molecule has 0 saturated carbocycles. The maximum Gasteiger partial charge on any atom is 0.0958 e. The number of fused-ring (bicyclic) bond motifs is 1. The Hall–Kier alpha value is -3.40. The molecule has 0 aliphatic heterocycles. The molecule has 28 heavy (non-hydrogen) atoms. The molecule has 140 valence electrons. The first-order valence-electron chi connectivity index (χ1n) is 9.39. The zero-order valence-corrected chi connectivity index (χ0v) is 16.7. The molecule has 0 amide bonds. The highest BCUT2D eigenvalue weighted by Gasteiger charge is 2.10. The van der Waals surface area contributed by atoms with Crippen molar-refractivity contribution in [1.29, 1.82) is 0 Å². The zero-order valence-electron chi connectivity index (χ0n) is 16.7. The highest BCUT2D eigenvalue weighted by Crippen LogP contribution is 2.25. The molecule has 4 aromatic rings. The fourth-order valence-corrected chi connectivity index (χ4v) is 3.55. The maximum absolute atomic E-state index is 4.74. The molecule has 0 radical (unpaired) electrons. The first kappa shape index (κ1) is 18.0. The van der Waals surface area contributed by atoms with Gasteiger partial charge in [-0.2, -0.15) is 0 Å². The summed E-state index contributed by atoms with van der Waals surface area (Å²) in [6, 6.07) is 20.9. The molecule has 4 rings (SSSR count). The van der Waals surface area contributed by atoms with Crippen LogP contribution in [0.1, 0.15) is 17.0 Å². The Bertz CT molecular complexity index is 1150. The number of hydrogen-bond donors (Lipinski definition) is 0. The smallest absolute Gasteiger partial charge is 0.0958 e. The van der Waals surface area contributed by atoms with Gasteiger partial charge in [0.2, 0.25) is 0 Å². The summed E-state index contributed by atoms with van der Waals surface area (Å²) in [6.45, 7) is 4.26. The number of aromatic nitrogens is 2. The first-order chi connectivity index (χ1) is 13.5. The molecule has 0 aliphatic carbocycles. The van der Waals surface area contributed by atoms with E-state index in [0.29, 0.717) is 0 Å². The summed E-state index contributed by atoms with van der Waals surface area (Å²) in [6.07, 6.45) is 3.75. The Balaban J connectivity index is 1.70. The lowest BCUT2D eigenvalue weighted by Gasteiger charge is -2.14. The first-order valence-corrected chi connectivity index (χ1v) is 9.39. The topological polar surface area (TPSA) is 33.4 Å². The number of aryl methyl sites for hydroxylation is 1. The van der Waals surface area contributed by atoms with E-state index in [0.717, 1.165) is 27.8 Å². The van der Waals surface area contributed by atoms with Crippen LogP contribution in [0.5, 0.6) is 0 Å². The Morgan fingerprint density at radius 3 is 2.46 bits per heavy atom. The number of pyridine rings is 1. The van der Waals surface area contributed by atoms with Crippen molar-refractivity contribution >= 4 is 28.5 Å². The Labute approximate surface area is 165 Å². The molecule has 4 nitrogen and oxygen atoms in total. The summed E-state index contributed by atoms with van der Waals surface area (Å²) in [7, 11) is 4.11. The number of hydrogen-bond acceptors (Lipinski definition) is 3. The zero-order chi connectivity index (χ0) is 19.7. The molecule has 0 N–H and O–H groups in total. The van der Waals surface area contributed by atoms with Crippen molar-refractivity contribution in [3.63, 3.8) is 0 Å². The van der Waals surface area contributed by atoms with Gasteiger partial charge in [0, 0.05) is 60.2 Å². The summed E-state index contributed by atoms with van der Waals surface area (Å²) >= 11 is 0. The second-order valence-corrected chi connectivity index (χ2v) is 7.18. The van der Waals surface area contributed by atoms with Crippen LogP contribution in [-0.2, 0) is 0 Å². The number of anilines is 1. The molecule has 0 aliphatic rings. The molecule has 0 bridgehead atoms. The second-order valence-electron chi connectivity index (χ2n) is 7.18. The van der Waals surface area contributed by atoms with E-state index in [2.05, 4.69) is 84.9 Å². The average molecular weight is 368 g/mol. The molecule has 0 fully saturated rings. The van der Waals surface area contributed by atoms with Crippen molar-refractivity contribution in [2.24, 2.45) is 4.99 Å². The van der Waals surface area contributed by atoms with Gasteiger partial charge in [-0.3, -0.25) is 9.98 Å². The van der Waals surface area contributed by atoms with E-state index in [1.165, 1.54) is 17.1 Å². The Morgan fingerprint density at radius 1 is 0.964 bits per heavy atom. The van der Waals surface area contributed by atoms with Crippen LogP contribution in [0.3, 0.4) is 0 Å². The van der Waals surface area contributed by atoms with E-state index in [1.807, 2.05) is 30.6 Å². The number of benzene rings is 2. The van der Waals surface area contributed by atoms with Gasteiger partial charge in [-0.05, 0) is 56.3 Å². The summed E-state index contributed by atoms with van der Waals surface area (Å²) in [5, 5.41) is 1.10. The van der Waals surface area contributed by atoms with Crippen molar-refractivity contribution in [3.8, 4) is 5.69 Å². The molecule has 2 heterocycles. The highest BCUT2D eigenvalue weighted by molar-refractivity contribution is 5.92. The number of aliphatic imine (C=N–C) groups is 1. The van der Waals surface area contributed by atoms with E-state index < -0.39 is 0 Å². The minimum atomic E-state index is 0.887. The number of nitrogens with zero attached hydrogens (tertiary/aromatic N) is 4. The van der Waals surface area contributed by atoms with Gasteiger partial charge in [0.05, 0.1) is 11.2 Å². The number of para-hydroxylation sites is 1. The summed E-state index contributed by atoms with van der Waals surface area (Å²) in [4.78, 5) is 11.3.